The van der Waals surface area contributed by atoms with E-state index >= 15 is 0 Å². The van der Waals surface area contributed by atoms with Crippen molar-refractivity contribution in [2.75, 3.05) is 0 Å². The first-order chi connectivity index (χ1) is 6.52. The molecule has 0 heterocycles. The zero-order valence-electron chi connectivity index (χ0n) is 6.87. The van der Waals surface area contributed by atoms with Crippen molar-refractivity contribution in [1.82, 2.24) is 0 Å². The summed E-state index contributed by atoms with van der Waals surface area (Å²) in [7, 11) is 0. The Morgan fingerprint density at radius 2 is 2.14 bits per heavy atom. The Balaban J connectivity index is 3.19. The molecular formula is C9H6BrFO3. The van der Waals surface area contributed by atoms with Crippen LogP contribution < -0.4 is 0 Å². The molecular weight excluding hydrogens is 255 g/mol. The van der Waals surface area contributed by atoms with Crippen molar-refractivity contribution >= 4 is 28.0 Å². The van der Waals surface area contributed by atoms with E-state index in [4.69, 9.17) is 5.11 Å². The molecule has 0 saturated heterocycles. The zero-order chi connectivity index (χ0) is 10.7. The van der Waals surface area contributed by atoms with Gasteiger partial charge in [0.2, 0.25) is 0 Å². The van der Waals surface area contributed by atoms with Crippen LogP contribution in [0.4, 0.5) is 4.39 Å². The molecule has 0 unspecified atom stereocenters. The molecule has 0 fully saturated rings. The number of aliphatic carboxylic acids is 1. The van der Waals surface area contributed by atoms with E-state index in [1.165, 1.54) is 0 Å². The first-order valence-electron chi connectivity index (χ1n) is 3.60. The second kappa shape index (κ2) is 4.23. The van der Waals surface area contributed by atoms with Gasteiger partial charge in [0.25, 0.3) is 0 Å². The lowest BCUT2D eigenvalue weighted by molar-refractivity contribution is -0.131. The molecule has 3 nitrogen and oxygen atoms in total. The average Bonchev–Trinajstić information content (AvgIpc) is 2.11. The summed E-state index contributed by atoms with van der Waals surface area (Å²) in [6.07, 6.45) is 1.93. The highest BCUT2D eigenvalue weighted by Gasteiger charge is 2.08. The van der Waals surface area contributed by atoms with E-state index in [0.29, 0.717) is 0 Å². The molecule has 1 aromatic rings. The third-order valence-corrected chi connectivity index (χ3v) is 2.31. The number of carboxylic acids is 1. The van der Waals surface area contributed by atoms with Crippen molar-refractivity contribution in [3.63, 3.8) is 0 Å². The molecule has 0 saturated carbocycles. The van der Waals surface area contributed by atoms with E-state index in [1.54, 1.807) is 0 Å². The van der Waals surface area contributed by atoms with Crippen LogP contribution in [0.15, 0.2) is 22.7 Å². The predicted molar refractivity (Wildman–Crippen MR) is 52.4 cm³/mol. The number of hydrogen-bond donors (Lipinski definition) is 2. The standard InChI is InChI=1S/C9H6BrFO3/c10-9-5(1-4-8(13)14)7(12)3-2-6(9)11/h1-4,12H,(H,13,14)/b4-1+. The molecule has 0 amide bonds. The highest BCUT2D eigenvalue weighted by atomic mass is 79.9. The van der Waals surface area contributed by atoms with E-state index in [0.717, 1.165) is 24.3 Å². The predicted octanol–water partition coefficient (Wildman–Crippen LogP) is 2.39. The highest BCUT2D eigenvalue weighted by molar-refractivity contribution is 9.10. The second-order valence-electron chi connectivity index (χ2n) is 2.47. The van der Waals surface area contributed by atoms with Gasteiger partial charge < -0.3 is 10.2 Å². The van der Waals surface area contributed by atoms with Crippen LogP contribution in [0.1, 0.15) is 5.56 Å². The summed E-state index contributed by atoms with van der Waals surface area (Å²) < 4.78 is 13.0. The molecule has 14 heavy (non-hydrogen) atoms. The maximum atomic E-state index is 12.9. The average molecular weight is 261 g/mol. The van der Waals surface area contributed by atoms with Crippen LogP contribution in [0.2, 0.25) is 0 Å². The Labute approximate surface area is 87.6 Å². The summed E-state index contributed by atoms with van der Waals surface area (Å²) >= 11 is 2.90. The molecule has 0 aromatic heterocycles. The third kappa shape index (κ3) is 2.32. The van der Waals surface area contributed by atoms with E-state index in [-0.39, 0.29) is 15.8 Å². The van der Waals surface area contributed by atoms with Crippen LogP contribution in [-0.4, -0.2) is 16.2 Å². The van der Waals surface area contributed by atoms with Crippen LogP contribution in [0, 0.1) is 5.82 Å². The molecule has 0 spiro atoms. The Hall–Kier alpha value is -1.36. The summed E-state index contributed by atoms with van der Waals surface area (Å²) in [5, 5.41) is 17.6. The molecule has 5 heteroatoms. The zero-order valence-corrected chi connectivity index (χ0v) is 8.45. The smallest absolute Gasteiger partial charge is 0.328 e. The lowest BCUT2D eigenvalue weighted by Crippen LogP contribution is -1.88. The van der Waals surface area contributed by atoms with Crippen molar-refractivity contribution in [1.29, 1.82) is 0 Å². The number of carbonyl (C=O) groups is 1. The summed E-state index contributed by atoms with van der Waals surface area (Å²) in [5.41, 5.74) is 0.104. The van der Waals surface area contributed by atoms with Gasteiger partial charge in [0.1, 0.15) is 11.6 Å². The molecule has 0 atom stereocenters. The van der Waals surface area contributed by atoms with Gasteiger partial charge in [-0.1, -0.05) is 0 Å². The van der Waals surface area contributed by atoms with Gasteiger partial charge in [-0.25, -0.2) is 9.18 Å². The molecule has 0 radical (unpaired) electrons. The monoisotopic (exact) mass is 260 g/mol. The van der Waals surface area contributed by atoms with Crippen LogP contribution in [0.5, 0.6) is 5.75 Å². The summed E-state index contributed by atoms with van der Waals surface area (Å²) in [6, 6.07) is 2.24. The first-order valence-corrected chi connectivity index (χ1v) is 4.39. The van der Waals surface area contributed by atoms with Gasteiger partial charge in [0.15, 0.2) is 0 Å². The van der Waals surface area contributed by atoms with Gasteiger partial charge in [0, 0.05) is 11.6 Å². The number of halogens is 2. The van der Waals surface area contributed by atoms with Gasteiger partial charge in [0.05, 0.1) is 4.47 Å². The molecule has 74 valence electrons. The van der Waals surface area contributed by atoms with Gasteiger partial charge in [-0.2, -0.15) is 0 Å². The van der Waals surface area contributed by atoms with Crippen LogP contribution in [0.25, 0.3) is 6.08 Å². The second-order valence-corrected chi connectivity index (χ2v) is 3.26. The maximum absolute atomic E-state index is 12.9. The number of aromatic hydroxyl groups is 1. The molecule has 0 bridgehead atoms. The van der Waals surface area contributed by atoms with Gasteiger partial charge in [-0.15, -0.1) is 0 Å². The minimum absolute atomic E-state index is 0.0370. The van der Waals surface area contributed by atoms with E-state index < -0.39 is 11.8 Å². The minimum atomic E-state index is -1.17. The third-order valence-electron chi connectivity index (χ3n) is 1.50. The molecule has 0 aliphatic heterocycles. The molecule has 1 aromatic carbocycles. The van der Waals surface area contributed by atoms with E-state index in [1.807, 2.05) is 0 Å². The van der Waals surface area contributed by atoms with Crippen molar-refractivity contribution in [3.8, 4) is 5.75 Å². The van der Waals surface area contributed by atoms with Crippen LogP contribution in [-0.2, 0) is 4.79 Å². The Morgan fingerprint density at radius 3 is 2.71 bits per heavy atom. The number of phenolic OH excluding ortho intramolecular Hbond substituents is 1. The highest BCUT2D eigenvalue weighted by Crippen LogP contribution is 2.29. The van der Waals surface area contributed by atoms with Gasteiger partial charge in [-0.05, 0) is 34.1 Å². The fourth-order valence-electron chi connectivity index (χ4n) is 0.869. The fraction of sp³-hybridized carbons (Fsp3) is 0. The van der Waals surface area contributed by atoms with Crippen LogP contribution >= 0.6 is 15.9 Å². The molecule has 0 aliphatic rings. The van der Waals surface area contributed by atoms with Gasteiger partial charge >= 0.3 is 5.97 Å². The van der Waals surface area contributed by atoms with Crippen molar-refractivity contribution in [3.05, 3.63) is 34.1 Å². The number of carboxylic acid groups (broad SMARTS) is 1. The Bertz CT molecular complexity index is 401. The van der Waals surface area contributed by atoms with Crippen LogP contribution in [0.3, 0.4) is 0 Å². The summed E-state index contributed by atoms with van der Waals surface area (Å²) in [6.45, 7) is 0. The number of benzene rings is 1. The normalized spacial score (nSPS) is 10.7. The summed E-state index contributed by atoms with van der Waals surface area (Å²) in [4.78, 5) is 10.2. The van der Waals surface area contributed by atoms with Gasteiger partial charge in [-0.3, -0.25) is 0 Å². The molecule has 1 rings (SSSR count). The minimum Gasteiger partial charge on any atom is -0.507 e. The maximum Gasteiger partial charge on any atom is 0.328 e. The Morgan fingerprint density at radius 1 is 1.50 bits per heavy atom. The first kappa shape index (κ1) is 10.7. The number of rotatable bonds is 2. The SMILES string of the molecule is O=C(O)/C=C/c1c(O)ccc(F)c1Br. The number of phenols is 1. The quantitative estimate of drug-likeness (QED) is 0.803. The summed E-state index contributed by atoms with van der Waals surface area (Å²) in [5.74, 6) is -1.91. The Kier molecular flexibility index (Phi) is 3.24. The van der Waals surface area contributed by atoms with Crippen molar-refractivity contribution in [2.24, 2.45) is 0 Å². The number of hydrogen-bond acceptors (Lipinski definition) is 2. The van der Waals surface area contributed by atoms with Crippen molar-refractivity contribution in [2.45, 2.75) is 0 Å². The lowest BCUT2D eigenvalue weighted by Gasteiger charge is -2.02. The largest absolute Gasteiger partial charge is 0.507 e. The van der Waals surface area contributed by atoms with Crippen molar-refractivity contribution < 1.29 is 19.4 Å². The topological polar surface area (TPSA) is 57.5 Å². The molecule has 0 aliphatic carbocycles. The fourth-order valence-corrected chi connectivity index (χ4v) is 1.34. The van der Waals surface area contributed by atoms with E-state index in [2.05, 4.69) is 15.9 Å². The lowest BCUT2D eigenvalue weighted by atomic mass is 10.2. The van der Waals surface area contributed by atoms with E-state index in [9.17, 15) is 14.3 Å². The molecule has 2 N–H and O–H groups in total.